The van der Waals surface area contributed by atoms with Gasteiger partial charge in [0.2, 0.25) is 5.91 Å². The van der Waals surface area contributed by atoms with Crippen LogP contribution < -0.4 is 11.0 Å². The average Bonchev–Trinajstić information content (AvgIpc) is 2.72. The van der Waals surface area contributed by atoms with Crippen molar-refractivity contribution in [3.8, 4) is 11.3 Å². The van der Waals surface area contributed by atoms with Crippen molar-refractivity contribution in [3.63, 3.8) is 0 Å². The lowest BCUT2D eigenvalue weighted by Crippen LogP contribution is -2.30. The summed E-state index contributed by atoms with van der Waals surface area (Å²) in [6, 6.07) is 13.1. The highest BCUT2D eigenvalue weighted by Crippen LogP contribution is 2.29. The van der Waals surface area contributed by atoms with Crippen LogP contribution in [-0.2, 0) is 11.3 Å². The Hall–Kier alpha value is -3.65. The Morgan fingerprint density at radius 3 is 2.52 bits per heavy atom. The van der Waals surface area contributed by atoms with Crippen molar-refractivity contribution in [2.24, 2.45) is 0 Å². The summed E-state index contributed by atoms with van der Waals surface area (Å²) in [5, 5.41) is 2.98. The summed E-state index contributed by atoms with van der Waals surface area (Å²) in [5.41, 5.74) is -0.554. The minimum atomic E-state index is -0.953. The van der Waals surface area contributed by atoms with Gasteiger partial charge >= 0.3 is 5.69 Å². The number of fused-ring (bicyclic) bond motifs is 1. The fourth-order valence-electron chi connectivity index (χ4n) is 3.19. The van der Waals surface area contributed by atoms with Gasteiger partial charge in [0.15, 0.2) is 0 Å². The minimum absolute atomic E-state index is 0.0850. The molecule has 0 aliphatic rings. The summed E-state index contributed by atoms with van der Waals surface area (Å²) in [5.74, 6) is -3.05. The van der Waals surface area contributed by atoms with Crippen LogP contribution in [0.4, 0.5) is 18.9 Å². The van der Waals surface area contributed by atoms with Crippen molar-refractivity contribution < 1.29 is 18.0 Å². The molecule has 4 rings (SSSR count). The lowest BCUT2D eigenvalue weighted by atomic mass is 10.1. The second-order valence-electron chi connectivity index (χ2n) is 6.64. The maximum Gasteiger partial charge on any atom is 0.349 e. The topological polar surface area (TPSA) is 64.0 Å². The number of rotatable bonds is 4. The molecule has 1 amide bonds. The third kappa shape index (κ3) is 4.15. The number of nitrogens with one attached hydrogen (secondary N) is 1. The Morgan fingerprint density at radius 1 is 1.00 bits per heavy atom. The predicted octanol–water partition coefficient (Wildman–Crippen LogP) is 4.77. The number of nitrogens with zero attached hydrogens (tertiary/aromatic N) is 2. The average molecular weight is 444 g/mol. The molecule has 0 saturated carbocycles. The van der Waals surface area contributed by atoms with Gasteiger partial charge in [0, 0.05) is 22.0 Å². The van der Waals surface area contributed by atoms with E-state index in [1.165, 1.54) is 36.4 Å². The van der Waals surface area contributed by atoms with Gasteiger partial charge in [-0.15, -0.1) is 0 Å². The van der Waals surface area contributed by atoms with E-state index in [1.54, 1.807) is 6.07 Å². The van der Waals surface area contributed by atoms with E-state index in [2.05, 4.69) is 10.3 Å². The molecule has 0 aliphatic heterocycles. The first kappa shape index (κ1) is 20.6. The Kier molecular flexibility index (Phi) is 5.48. The highest BCUT2D eigenvalue weighted by Gasteiger charge is 2.17. The molecule has 0 radical (unpaired) electrons. The van der Waals surface area contributed by atoms with Gasteiger partial charge in [0.25, 0.3) is 0 Å². The van der Waals surface area contributed by atoms with Crippen molar-refractivity contribution >= 4 is 34.1 Å². The van der Waals surface area contributed by atoms with Gasteiger partial charge < -0.3 is 5.32 Å². The third-order valence-corrected chi connectivity index (χ3v) is 4.81. The monoisotopic (exact) mass is 443 g/mol. The molecular formula is C22H13ClF3N3O2. The van der Waals surface area contributed by atoms with Gasteiger partial charge in [-0.25, -0.2) is 18.0 Å². The largest absolute Gasteiger partial charge is 0.349 e. The zero-order valence-electron chi connectivity index (χ0n) is 15.7. The van der Waals surface area contributed by atoms with Crippen LogP contribution in [0.15, 0.2) is 65.5 Å². The number of benzene rings is 3. The van der Waals surface area contributed by atoms with E-state index in [9.17, 15) is 22.8 Å². The van der Waals surface area contributed by atoms with Crippen molar-refractivity contribution in [2.75, 3.05) is 5.32 Å². The first-order valence-electron chi connectivity index (χ1n) is 9.03. The summed E-state index contributed by atoms with van der Waals surface area (Å²) in [7, 11) is 0. The fraction of sp³-hybridized carbons (Fsp3) is 0.0455. The number of aromatic nitrogens is 2. The van der Waals surface area contributed by atoms with Crippen LogP contribution in [0.5, 0.6) is 0 Å². The van der Waals surface area contributed by atoms with Crippen LogP contribution in [-0.4, -0.2) is 15.5 Å². The maximum absolute atomic E-state index is 14.3. The summed E-state index contributed by atoms with van der Waals surface area (Å²) >= 11 is 6.09. The number of hydrogen-bond acceptors (Lipinski definition) is 3. The van der Waals surface area contributed by atoms with E-state index in [4.69, 9.17) is 11.6 Å². The van der Waals surface area contributed by atoms with E-state index < -0.39 is 35.6 Å². The van der Waals surface area contributed by atoms with Gasteiger partial charge in [-0.1, -0.05) is 23.7 Å². The van der Waals surface area contributed by atoms with Gasteiger partial charge in [-0.3, -0.25) is 9.36 Å². The summed E-state index contributed by atoms with van der Waals surface area (Å²) in [6.07, 6.45) is 0. The Bertz CT molecular complexity index is 1390. The molecule has 5 nitrogen and oxygen atoms in total. The minimum Gasteiger partial charge on any atom is -0.322 e. The quantitative estimate of drug-likeness (QED) is 0.494. The second kappa shape index (κ2) is 8.23. The Labute approximate surface area is 178 Å². The molecule has 1 heterocycles. The van der Waals surface area contributed by atoms with Crippen LogP contribution in [0.1, 0.15) is 0 Å². The third-order valence-electron chi connectivity index (χ3n) is 4.58. The van der Waals surface area contributed by atoms with Gasteiger partial charge in [-0.05, 0) is 42.5 Å². The Morgan fingerprint density at radius 2 is 1.77 bits per heavy atom. The van der Waals surface area contributed by atoms with Gasteiger partial charge in [-0.2, -0.15) is 4.98 Å². The number of carbonyl (C=O) groups excluding carboxylic acids is 1. The molecule has 0 saturated heterocycles. The molecule has 0 bridgehead atoms. The highest BCUT2D eigenvalue weighted by molar-refractivity contribution is 6.31. The lowest BCUT2D eigenvalue weighted by Gasteiger charge is -2.14. The highest BCUT2D eigenvalue weighted by atomic mass is 35.5. The standard InChI is InChI=1S/C22H13ClF3N3O2/c23-12-5-8-19-15(9-12)21(14-3-1-2-4-16(14)25)28-22(31)29(19)11-20(30)27-18-7-6-13(24)10-17(18)26/h1-10H,11H2,(H,27,30). The van der Waals surface area contributed by atoms with Crippen molar-refractivity contribution in [1.29, 1.82) is 0 Å². The normalized spacial score (nSPS) is 11.0. The van der Waals surface area contributed by atoms with Crippen LogP contribution in [0, 0.1) is 17.5 Å². The van der Waals surface area contributed by atoms with E-state index in [0.717, 1.165) is 16.7 Å². The number of carbonyl (C=O) groups is 1. The van der Waals surface area contributed by atoms with Crippen LogP contribution >= 0.6 is 11.6 Å². The van der Waals surface area contributed by atoms with E-state index in [1.807, 2.05) is 0 Å². The molecule has 1 aromatic heterocycles. The van der Waals surface area contributed by atoms with Gasteiger partial charge in [0.1, 0.15) is 24.0 Å². The summed E-state index contributed by atoms with van der Waals surface area (Å²) in [6.45, 7) is -0.502. The summed E-state index contributed by atoms with van der Waals surface area (Å²) in [4.78, 5) is 29.1. The molecule has 156 valence electrons. The lowest BCUT2D eigenvalue weighted by molar-refractivity contribution is -0.116. The SMILES string of the molecule is O=C(Cn1c(=O)nc(-c2ccccc2F)c2cc(Cl)ccc21)Nc1ccc(F)cc1F. The van der Waals surface area contributed by atoms with Crippen LogP contribution in [0.2, 0.25) is 5.02 Å². The van der Waals surface area contributed by atoms with Crippen LogP contribution in [0.3, 0.4) is 0 Å². The first-order chi connectivity index (χ1) is 14.8. The molecule has 1 N–H and O–H groups in total. The van der Waals surface area contributed by atoms with E-state index in [-0.39, 0.29) is 22.5 Å². The van der Waals surface area contributed by atoms with Crippen molar-refractivity contribution in [2.45, 2.75) is 6.54 Å². The molecule has 0 atom stereocenters. The molecule has 0 aliphatic carbocycles. The molecule has 0 unspecified atom stereocenters. The number of hydrogen-bond donors (Lipinski definition) is 1. The van der Waals surface area contributed by atoms with Crippen LogP contribution in [0.25, 0.3) is 22.2 Å². The smallest absolute Gasteiger partial charge is 0.322 e. The number of amides is 1. The van der Waals surface area contributed by atoms with Gasteiger partial charge in [0.05, 0.1) is 16.9 Å². The molecule has 4 aromatic rings. The fourth-order valence-corrected chi connectivity index (χ4v) is 3.36. The molecule has 31 heavy (non-hydrogen) atoms. The zero-order chi connectivity index (χ0) is 22.1. The molecule has 0 spiro atoms. The number of halogens is 4. The Balaban J connectivity index is 1.78. The summed E-state index contributed by atoms with van der Waals surface area (Å²) < 4.78 is 42.3. The van der Waals surface area contributed by atoms with E-state index in [0.29, 0.717) is 16.5 Å². The predicted molar refractivity (Wildman–Crippen MR) is 111 cm³/mol. The molecular weight excluding hydrogens is 431 g/mol. The van der Waals surface area contributed by atoms with Crippen molar-refractivity contribution in [3.05, 3.63) is 93.6 Å². The molecule has 3 aromatic carbocycles. The number of anilines is 1. The molecule has 0 fully saturated rings. The zero-order valence-corrected chi connectivity index (χ0v) is 16.5. The molecule has 9 heteroatoms. The van der Waals surface area contributed by atoms with E-state index >= 15 is 0 Å². The maximum atomic E-state index is 14.3. The first-order valence-corrected chi connectivity index (χ1v) is 9.41. The van der Waals surface area contributed by atoms with Crippen molar-refractivity contribution in [1.82, 2.24) is 9.55 Å². The second-order valence-corrected chi connectivity index (χ2v) is 7.08.